The lowest BCUT2D eigenvalue weighted by molar-refractivity contribution is 0.594. The lowest BCUT2D eigenvalue weighted by Gasteiger charge is -2.37. The van der Waals surface area contributed by atoms with Gasteiger partial charge >= 0.3 is 0 Å². The molecule has 20 heavy (non-hydrogen) atoms. The van der Waals surface area contributed by atoms with E-state index >= 15 is 0 Å². The molecule has 106 valence electrons. The summed E-state index contributed by atoms with van der Waals surface area (Å²) in [6.07, 6.45) is 2.39. The van der Waals surface area contributed by atoms with Gasteiger partial charge in [-0.05, 0) is 53.4 Å². The first-order valence-corrected chi connectivity index (χ1v) is 8.62. The van der Waals surface area contributed by atoms with E-state index in [0.717, 1.165) is 6.54 Å². The van der Waals surface area contributed by atoms with Crippen molar-refractivity contribution in [3.8, 4) is 0 Å². The van der Waals surface area contributed by atoms with Crippen LogP contribution in [0.5, 0.6) is 0 Å². The predicted molar refractivity (Wildman–Crippen MR) is 90.7 cm³/mol. The van der Waals surface area contributed by atoms with Crippen LogP contribution in [0.2, 0.25) is 0 Å². The Morgan fingerprint density at radius 2 is 2.20 bits per heavy atom. The first-order chi connectivity index (χ1) is 9.70. The molecule has 0 amide bonds. The van der Waals surface area contributed by atoms with Crippen LogP contribution < -0.4 is 10.6 Å². The minimum absolute atomic E-state index is 0.284. The number of nitrogens with two attached hydrogens (primary N) is 1. The predicted octanol–water partition coefficient (Wildman–Crippen LogP) is 4.27. The van der Waals surface area contributed by atoms with Crippen LogP contribution in [-0.4, -0.2) is 13.1 Å². The molecule has 0 aliphatic carbocycles. The SMILES string of the molecule is Cc1sc(C(CN)N2CCCc3ccccc32)cc1Br. The number of anilines is 1. The number of halogens is 1. The van der Waals surface area contributed by atoms with Crippen molar-refractivity contribution in [2.75, 3.05) is 18.0 Å². The molecule has 4 heteroatoms. The molecule has 0 fully saturated rings. The van der Waals surface area contributed by atoms with Gasteiger partial charge in [-0.1, -0.05) is 18.2 Å². The lowest BCUT2D eigenvalue weighted by Crippen LogP contribution is -2.37. The van der Waals surface area contributed by atoms with Crippen LogP contribution in [0.4, 0.5) is 5.69 Å². The van der Waals surface area contributed by atoms with Crippen LogP contribution in [0.15, 0.2) is 34.8 Å². The van der Waals surface area contributed by atoms with Gasteiger partial charge in [-0.15, -0.1) is 11.3 Å². The Morgan fingerprint density at radius 1 is 1.40 bits per heavy atom. The summed E-state index contributed by atoms with van der Waals surface area (Å²) in [6.45, 7) is 3.89. The van der Waals surface area contributed by atoms with Crippen LogP contribution in [0, 0.1) is 6.92 Å². The maximum absolute atomic E-state index is 6.10. The Labute approximate surface area is 132 Å². The van der Waals surface area contributed by atoms with Crippen molar-refractivity contribution in [2.45, 2.75) is 25.8 Å². The Hall–Kier alpha value is -0.840. The highest BCUT2D eigenvalue weighted by Gasteiger charge is 2.25. The van der Waals surface area contributed by atoms with Crippen LogP contribution in [0.25, 0.3) is 0 Å². The highest BCUT2D eigenvalue weighted by molar-refractivity contribution is 9.10. The van der Waals surface area contributed by atoms with E-state index in [2.05, 4.69) is 58.1 Å². The van der Waals surface area contributed by atoms with Crippen LogP contribution in [0.3, 0.4) is 0 Å². The number of aryl methyl sites for hydroxylation is 2. The van der Waals surface area contributed by atoms with E-state index in [0.29, 0.717) is 6.54 Å². The summed E-state index contributed by atoms with van der Waals surface area (Å²) < 4.78 is 1.20. The molecular formula is C16H19BrN2S. The van der Waals surface area contributed by atoms with Gasteiger partial charge in [0.1, 0.15) is 0 Å². The zero-order valence-electron chi connectivity index (χ0n) is 11.6. The Morgan fingerprint density at radius 3 is 2.90 bits per heavy atom. The van der Waals surface area contributed by atoms with Gasteiger partial charge in [0.15, 0.2) is 0 Å². The van der Waals surface area contributed by atoms with E-state index in [1.54, 1.807) is 0 Å². The summed E-state index contributed by atoms with van der Waals surface area (Å²) in [5.74, 6) is 0. The van der Waals surface area contributed by atoms with Crippen LogP contribution in [0.1, 0.15) is 27.8 Å². The van der Waals surface area contributed by atoms with Gasteiger partial charge in [-0.2, -0.15) is 0 Å². The maximum atomic E-state index is 6.10. The van der Waals surface area contributed by atoms with Crippen LogP contribution in [-0.2, 0) is 6.42 Å². The fourth-order valence-corrected chi connectivity index (χ4v) is 4.62. The minimum Gasteiger partial charge on any atom is -0.362 e. The summed E-state index contributed by atoms with van der Waals surface area (Å²) in [6, 6.07) is 11.2. The number of nitrogens with zero attached hydrogens (tertiary/aromatic N) is 1. The number of rotatable bonds is 3. The second kappa shape index (κ2) is 5.88. The average Bonchev–Trinajstić information content (AvgIpc) is 2.79. The largest absolute Gasteiger partial charge is 0.362 e. The Kier molecular flexibility index (Phi) is 4.15. The van der Waals surface area contributed by atoms with Crippen molar-refractivity contribution in [3.05, 3.63) is 50.1 Å². The zero-order valence-corrected chi connectivity index (χ0v) is 14.0. The van der Waals surface area contributed by atoms with Crippen molar-refractivity contribution in [3.63, 3.8) is 0 Å². The summed E-state index contributed by atoms with van der Waals surface area (Å²) >= 11 is 5.47. The van der Waals surface area contributed by atoms with Crippen LogP contribution >= 0.6 is 27.3 Å². The average molecular weight is 351 g/mol. The van der Waals surface area contributed by atoms with Crippen molar-refractivity contribution < 1.29 is 0 Å². The smallest absolute Gasteiger partial charge is 0.0757 e. The molecule has 1 aliphatic heterocycles. The molecule has 2 nitrogen and oxygen atoms in total. The van der Waals surface area contributed by atoms with E-state index in [9.17, 15) is 0 Å². The van der Waals surface area contributed by atoms with Crippen molar-refractivity contribution in [2.24, 2.45) is 5.73 Å². The second-order valence-corrected chi connectivity index (χ2v) is 7.37. The van der Waals surface area contributed by atoms with Gasteiger partial charge in [0.2, 0.25) is 0 Å². The Bertz CT molecular complexity index is 589. The van der Waals surface area contributed by atoms with E-state index in [1.165, 1.54) is 38.3 Å². The van der Waals surface area contributed by atoms with Gasteiger partial charge in [0, 0.05) is 33.0 Å². The van der Waals surface area contributed by atoms with Gasteiger partial charge in [0.05, 0.1) is 6.04 Å². The summed E-state index contributed by atoms with van der Waals surface area (Å²) in [4.78, 5) is 5.16. The molecule has 0 bridgehead atoms. The number of hydrogen-bond acceptors (Lipinski definition) is 3. The van der Waals surface area contributed by atoms with Gasteiger partial charge in [-0.3, -0.25) is 0 Å². The maximum Gasteiger partial charge on any atom is 0.0757 e. The van der Waals surface area contributed by atoms with E-state index in [-0.39, 0.29) is 6.04 Å². The quantitative estimate of drug-likeness (QED) is 0.895. The fourth-order valence-electron chi connectivity index (χ4n) is 2.93. The van der Waals surface area contributed by atoms with Crippen molar-refractivity contribution >= 4 is 33.0 Å². The number of fused-ring (bicyclic) bond motifs is 1. The standard InChI is InChI=1S/C16H19BrN2S/c1-11-13(17)9-16(20-11)15(10-18)19-8-4-6-12-5-2-3-7-14(12)19/h2-3,5,7,9,15H,4,6,8,10,18H2,1H3. The molecule has 3 rings (SSSR count). The van der Waals surface area contributed by atoms with Crippen molar-refractivity contribution in [1.82, 2.24) is 0 Å². The molecule has 1 aromatic heterocycles. The molecule has 1 aliphatic rings. The molecule has 1 atom stereocenters. The highest BCUT2D eigenvalue weighted by Crippen LogP contribution is 2.38. The number of para-hydroxylation sites is 1. The second-order valence-electron chi connectivity index (χ2n) is 5.23. The monoisotopic (exact) mass is 350 g/mol. The lowest BCUT2D eigenvalue weighted by atomic mass is 9.99. The number of thiophene rings is 1. The minimum atomic E-state index is 0.284. The number of benzene rings is 1. The molecule has 2 aromatic rings. The molecule has 2 heterocycles. The van der Waals surface area contributed by atoms with E-state index in [1.807, 2.05) is 11.3 Å². The third kappa shape index (κ3) is 2.52. The van der Waals surface area contributed by atoms with E-state index in [4.69, 9.17) is 5.73 Å². The fraction of sp³-hybridized carbons (Fsp3) is 0.375. The molecule has 1 unspecified atom stereocenters. The van der Waals surface area contributed by atoms with Gasteiger partial charge in [-0.25, -0.2) is 0 Å². The zero-order chi connectivity index (χ0) is 14.1. The molecule has 1 aromatic carbocycles. The van der Waals surface area contributed by atoms with E-state index < -0.39 is 0 Å². The first kappa shape index (κ1) is 14.1. The highest BCUT2D eigenvalue weighted by atomic mass is 79.9. The molecular weight excluding hydrogens is 332 g/mol. The normalized spacial score (nSPS) is 16.1. The third-order valence-electron chi connectivity index (χ3n) is 3.95. The van der Waals surface area contributed by atoms with Crippen molar-refractivity contribution in [1.29, 1.82) is 0 Å². The topological polar surface area (TPSA) is 29.3 Å². The summed E-state index contributed by atoms with van der Waals surface area (Å²) in [7, 11) is 0. The first-order valence-electron chi connectivity index (χ1n) is 7.01. The molecule has 0 spiro atoms. The molecule has 0 saturated carbocycles. The molecule has 0 radical (unpaired) electrons. The summed E-state index contributed by atoms with van der Waals surface area (Å²) in [5, 5.41) is 0. The Balaban J connectivity index is 1.98. The molecule has 2 N–H and O–H groups in total. The van der Waals surface area contributed by atoms with Gasteiger partial charge < -0.3 is 10.6 Å². The summed E-state index contributed by atoms with van der Waals surface area (Å²) in [5.41, 5.74) is 8.91. The number of hydrogen-bond donors (Lipinski definition) is 1. The third-order valence-corrected chi connectivity index (χ3v) is 6.19. The molecule has 0 saturated heterocycles. The van der Waals surface area contributed by atoms with Gasteiger partial charge in [0.25, 0.3) is 0 Å².